The molecule has 0 unspecified atom stereocenters. The molecule has 1 N–H and O–H groups in total. The zero-order valence-electron chi connectivity index (χ0n) is 7.76. The van der Waals surface area contributed by atoms with Crippen molar-refractivity contribution >= 4 is 11.6 Å². The van der Waals surface area contributed by atoms with Gasteiger partial charge in [-0.05, 0) is 36.6 Å². The van der Waals surface area contributed by atoms with Gasteiger partial charge in [0.25, 0.3) is 0 Å². The van der Waals surface area contributed by atoms with E-state index in [4.69, 9.17) is 11.6 Å². The first-order valence-electron chi connectivity index (χ1n) is 4.76. The van der Waals surface area contributed by atoms with E-state index in [1.54, 1.807) is 0 Å². The highest BCUT2D eigenvalue weighted by Crippen LogP contribution is 2.29. The predicted molar refractivity (Wildman–Crippen MR) is 56.0 cm³/mol. The second kappa shape index (κ2) is 3.69. The molecule has 0 amide bonds. The molecule has 1 aromatic carbocycles. The second-order valence-corrected chi connectivity index (χ2v) is 4.19. The average Bonchev–Trinajstić information content (AvgIpc) is 2.51. The van der Waals surface area contributed by atoms with Crippen LogP contribution < -0.4 is 5.32 Å². The number of hydrogen-bond acceptors (Lipinski definition) is 1. The maximum Gasteiger partial charge on any atom is 0.0409 e. The molecule has 2 heteroatoms. The minimum absolute atomic E-state index is 0.499. The van der Waals surface area contributed by atoms with Gasteiger partial charge in [0.1, 0.15) is 0 Å². The lowest BCUT2D eigenvalue weighted by atomic mass is 9.96. The standard InChI is InChI=1S/C11H14ClN/c1-8-5-6-13-11(8)9-3-2-4-10(12)7-9/h2-4,7-8,11,13H,5-6H2,1H3/t8-,11-/m1/s1. The molecule has 1 saturated heterocycles. The summed E-state index contributed by atoms with van der Waals surface area (Å²) in [6.45, 7) is 3.41. The summed E-state index contributed by atoms with van der Waals surface area (Å²) in [5.74, 6) is 0.721. The van der Waals surface area contributed by atoms with Crippen LogP contribution in [0.3, 0.4) is 0 Å². The van der Waals surface area contributed by atoms with Crippen LogP contribution in [-0.4, -0.2) is 6.54 Å². The van der Waals surface area contributed by atoms with Crippen LogP contribution in [0.25, 0.3) is 0 Å². The predicted octanol–water partition coefficient (Wildman–Crippen LogP) is 3.01. The zero-order chi connectivity index (χ0) is 9.26. The summed E-state index contributed by atoms with van der Waals surface area (Å²) in [6.07, 6.45) is 1.26. The van der Waals surface area contributed by atoms with E-state index in [-0.39, 0.29) is 0 Å². The number of rotatable bonds is 1. The SMILES string of the molecule is C[C@@H]1CCN[C@H]1c1cccc(Cl)c1. The third kappa shape index (κ3) is 1.87. The smallest absolute Gasteiger partial charge is 0.0409 e. The quantitative estimate of drug-likeness (QED) is 0.727. The summed E-state index contributed by atoms with van der Waals surface area (Å²) in [5.41, 5.74) is 1.32. The van der Waals surface area contributed by atoms with Gasteiger partial charge < -0.3 is 5.32 Å². The van der Waals surface area contributed by atoms with Gasteiger partial charge in [-0.3, -0.25) is 0 Å². The van der Waals surface area contributed by atoms with Crippen molar-refractivity contribution in [3.05, 3.63) is 34.9 Å². The van der Waals surface area contributed by atoms with Crippen LogP contribution in [0, 0.1) is 5.92 Å². The van der Waals surface area contributed by atoms with Gasteiger partial charge in [0.05, 0.1) is 0 Å². The Kier molecular flexibility index (Phi) is 2.56. The van der Waals surface area contributed by atoms with Crippen molar-refractivity contribution in [2.75, 3.05) is 6.54 Å². The van der Waals surface area contributed by atoms with Crippen LogP contribution in [-0.2, 0) is 0 Å². The summed E-state index contributed by atoms with van der Waals surface area (Å²) in [6, 6.07) is 8.64. The lowest BCUT2D eigenvalue weighted by Crippen LogP contribution is -2.16. The van der Waals surface area contributed by atoms with Crippen LogP contribution in [0.2, 0.25) is 5.02 Å². The fourth-order valence-electron chi connectivity index (χ4n) is 1.98. The largest absolute Gasteiger partial charge is 0.310 e. The van der Waals surface area contributed by atoms with Gasteiger partial charge in [0.15, 0.2) is 0 Å². The number of hydrogen-bond donors (Lipinski definition) is 1. The first-order valence-corrected chi connectivity index (χ1v) is 5.14. The Morgan fingerprint density at radius 1 is 1.46 bits per heavy atom. The molecule has 0 spiro atoms. The van der Waals surface area contributed by atoms with E-state index in [9.17, 15) is 0 Å². The summed E-state index contributed by atoms with van der Waals surface area (Å²) in [5, 5.41) is 4.32. The van der Waals surface area contributed by atoms with Crippen LogP contribution >= 0.6 is 11.6 Å². The highest BCUT2D eigenvalue weighted by atomic mass is 35.5. The van der Waals surface area contributed by atoms with Gasteiger partial charge in [0, 0.05) is 11.1 Å². The third-order valence-corrected chi connectivity index (χ3v) is 2.98. The van der Waals surface area contributed by atoms with Crippen molar-refractivity contribution in [2.24, 2.45) is 5.92 Å². The first-order chi connectivity index (χ1) is 6.27. The number of benzene rings is 1. The molecule has 0 saturated carbocycles. The molecule has 1 nitrogen and oxygen atoms in total. The molecule has 1 aliphatic rings. The van der Waals surface area contributed by atoms with E-state index in [2.05, 4.69) is 24.4 Å². The fourth-order valence-corrected chi connectivity index (χ4v) is 2.18. The molecule has 70 valence electrons. The van der Waals surface area contributed by atoms with Crippen molar-refractivity contribution in [1.29, 1.82) is 0 Å². The molecular formula is C11H14ClN. The molecule has 2 atom stereocenters. The summed E-state index contributed by atoms with van der Waals surface area (Å²) in [7, 11) is 0. The van der Waals surface area contributed by atoms with E-state index in [1.807, 2.05) is 12.1 Å². The van der Waals surface area contributed by atoms with E-state index >= 15 is 0 Å². The molecule has 13 heavy (non-hydrogen) atoms. The highest BCUT2D eigenvalue weighted by Gasteiger charge is 2.23. The topological polar surface area (TPSA) is 12.0 Å². The van der Waals surface area contributed by atoms with Crippen LogP contribution in [0.15, 0.2) is 24.3 Å². The van der Waals surface area contributed by atoms with E-state index in [0.29, 0.717) is 6.04 Å². The van der Waals surface area contributed by atoms with E-state index in [0.717, 1.165) is 17.5 Å². The van der Waals surface area contributed by atoms with E-state index in [1.165, 1.54) is 12.0 Å². The van der Waals surface area contributed by atoms with Gasteiger partial charge in [-0.25, -0.2) is 0 Å². The summed E-state index contributed by atoms with van der Waals surface area (Å²) >= 11 is 5.94. The molecule has 1 aliphatic heterocycles. The monoisotopic (exact) mass is 195 g/mol. The van der Waals surface area contributed by atoms with Crippen molar-refractivity contribution in [2.45, 2.75) is 19.4 Å². The number of nitrogens with one attached hydrogen (secondary N) is 1. The molecule has 1 aromatic rings. The Labute approximate surface area is 84.1 Å². The molecular weight excluding hydrogens is 182 g/mol. The summed E-state index contributed by atoms with van der Waals surface area (Å²) in [4.78, 5) is 0. The number of halogens is 1. The maximum atomic E-state index is 5.94. The zero-order valence-corrected chi connectivity index (χ0v) is 8.51. The minimum Gasteiger partial charge on any atom is -0.310 e. The van der Waals surface area contributed by atoms with Crippen molar-refractivity contribution < 1.29 is 0 Å². The lowest BCUT2D eigenvalue weighted by molar-refractivity contribution is 0.504. The Bertz CT molecular complexity index is 298. The highest BCUT2D eigenvalue weighted by molar-refractivity contribution is 6.30. The first kappa shape index (κ1) is 9.04. The molecule has 1 heterocycles. The lowest BCUT2D eigenvalue weighted by Gasteiger charge is -2.15. The molecule has 0 aliphatic carbocycles. The third-order valence-electron chi connectivity index (χ3n) is 2.74. The Balaban J connectivity index is 2.24. The van der Waals surface area contributed by atoms with Crippen LogP contribution in [0.5, 0.6) is 0 Å². The van der Waals surface area contributed by atoms with Gasteiger partial charge in [-0.15, -0.1) is 0 Å². The van der Waals surface area contributed by atoms with Gasteiger partial charge in [-0.2, -0.15) is 0 Å². The van der Waals surface area contributed by atoms with Crippen molar-refractivity contribution in [3.8, 4) is 0 Å². The van der Waals surface area contributed by atoms with E-state index < -0.39 is 0 Å². The normalized spacial score (nSPS) is 27.8. The molecule has 1 fully saturated rings. The molecule has 0 radical (unpaired) electrons. The maximum absolute atomic E-state index is 5.94. The Morgan fingerprint density at radius 3 is 2.92 bits per heavy atom. The minimum atomic E-state index is 0.499. The van der Waals surface area contributed by atoms with Crippen molar-refractivity contribution in [1.82, 2.24) is 5.32 Å². The van der Waals surface area contributed by atoms with Crippen LogP contribution in [0.4, 0.5) is 0 Å². The Hall–Kier alpha value is -0.530. The average molecular weight is 196 g/mol. The van der Waals surface area contributed by atoms with Gasteiger partial charge in [-0.1, -0.05) is 30.7 Å². The molecule has 0 bridgehead atoms. The van der Waals surface area contributed by atoms with Gasteiger partial charge in [0.2, 0.25) is 0 Å². The van der Waals surface area contributed by atoms with Crippen molar-refractivity contribution in [3.63, 3.8) is 0 Å². The summed E-state index contributed by atoms with van der Waals surface area (Å²) < 4.78 is 0. The van der Waals surface area contributed by atoms with Crippen LogP contribution in [0.1, 0.15) is 24.9 Å². The Morgan fingerprint density at radius 2 is 2.31 bits per heavy atom. The molecule has 2 rings (SSSR count). The second-order valence-electron chi connectivity index (χ2n) is 3.75. The fraction of sp³-hybridized carbons (Fsp3) is 0.455. The van der Waals surface area contributed by atoms with Gasteiger partial charge >= 0.3 is 0 Å². The molecule has 0 aromatic heterocycles.